The molecule has 2 aliphatic rings. The molecule has 0 aromatic heterocycles. The third-order valence-electron chi connectivity index (χ3n) is 5.94. The third-order valence-corrected chi connectivity index (χ3v) is 9.39. The van der Waals surface area contributed by atoms with Crippen LogP contribution in [0.15, 0.2) is 53.5 Å². The number of nitrogens with one attached hydrogen (secondary N) is 1. The Balaban J connectivity index is 1.70. The first kappa shape index (κ1) is 28.3. The molecule has 2 aromatic carbocycles. The molecule has 0 aliphatic carbocycles. The monoisotopic (exact) mass is 579 g/mol. The zero-order valence-electron chi connectivity index (χ0n) is 21.5. The van der Waals surface area contributed by atoms with Crippen molar-refractivity contribution in [3.8, 4) is 5.75 Å². The van der Waals surface area contributed by atoms with Gasteiger partial charge in [0.2, 0.25) is 0 Å². The highest BCUT2D eigenvalue weighted by molar-refractivity contribution is 8.16. The number of amides is 2. The molecule has 0 bridgehead atoms. The first-order chi connectivity index (χ1) is 17.8. The van der Waals surface area contributed by atoms with Crippen molar-refractivity contribution in [1.29, 1.82) is 0 Å². The van der Waals surface area contributed by atoms with Crippen LogP contribution in [0.25, 0.3) is 0 Å². The van der Waals surface area contributed by atoms with Gasteiger partial charge in [-0.15, -0.1) is 0 Å². The van der Waals surface area contributed by atoms with Gasteiger partial charge in [-0.1, -0.05) is 53.7 Å². The van der Waals surface area contributed by atoms with Crippen molar-refractivity contribution in [1.82, 2.24) is 5.32 Å². The lowest BCUT2D eigenvalue weighted by atomic mass is 10.1. The summed E-state index contributed by atoms with van der Waals surface area (Å²) in [5, 5.41) is 3.09. The van der Waals surface area contributed by atoms with Gasteiger partial charge in [0.05, 0.1) is 30.3 Å². The topological polar surface area (TPSA) is 114 Å². The number of benzene rings is 2. The number of methoxy groups -OCH3 is 1. The molecule has 2 fully saturated rings. The van der Waals surface area contributed by atoms with Crippen molar-refractivity contribution < 1.29 is 27.5 Å². The number of aliphatic imine (C=N–C) groups is 1. The van der Waals surface area contributed by atoms with E-state index in [-0.39, 0.29) is 23.2 Å². The zero-order chi connectivity index (χ0) is 27.7. The number of carbonyl (C=O) groups is 2. The molecule has 0 saturated carbocycles. The van der Waals surface area contributed by atoms with E-state index in [1.54, 1.807) is 43.9 Å². The van der Waals surface area contributed by atoms with Gasteiger partial charge in [0.1, 0.15) is 17.4 Å². The summed E-state index contributed by atoms with van der Waals surface area (Å²) in [5.41, 5.74) is 0.599. The maximum atomic E-state index is 13.6. The molecule has 0 spiro atoms. The van der Waals surface area contributed by atoms with E-state index in [1.807, 2.05) is 30.3 Å². The molecule has 2 amide bonds. The maximum absolute atomic E-state index is 13.6. The number of thioether (sulfide) groups is 1. The third kappa shape index (κ3) is 6.81. The molecular weight excluding hydrogens is 550 g/mol. The summed E-state index contributed by atoms with van der Waals surface area (Å²) < 4.78 is 35.8. The Morgan fingerprint density at radius 2 is 1.89 bits per heavy atom. The molecule has 1 N–H and O–H groups in total. The number of ether oxygens (including phenoxy) is 2. The Hall–Kier alpha value is -2.76. The summed E-state index contributed by atoms with van der Waals surface area (Å²) in [6, 6.07) is 12.8. The van der Waals surface area contributed by atoms with Crippen molar-refractivity contribution in [2.45, 2.75) is 50.1 Å². The number of halogens is 1. The summed E-state index contributed by atoms with van der Waals surface area (Å²) in [5.74, 6) is -0.237. The van der Waals surface area contributed by atoms with Gasteiger partial charge in [-0.2, -0.15) is 4.99 Å². The van der Waals surface area contributed by atoms with Crippen LogP contribution in [0.2, 0.25) is 5.02 Å². The van der Waals surface area contributed by atoms with Crippen molar-refractivity contribution in [3.05, 3.63) is 59.1 Å². The van der Waals surface area contributed by atoms with Crippen LogP contribution < -0.4 is 15.0 Å². The van der Waals surface area contributed by atoms with Crippen LogP contribution in [0.1, 0.15) is 26.3 Å². The molecule has 38 heavy (non-hydrogen) atoms. The van der Waals surface area contributed by atoms with E-state index in [0.29, 0.717) is 21.6 Å². The first-order valence-electron chi connectivity index (χ1n) is 12.0. The fraction of sp³-hybridized carbons (Fsp3) is 0.423. The van der Waals surface area contributed by atoms with E-state index < -0.39 is 39.5 Å². The summed E-state index contributed by atoms with van der Waals surface area (Å²) in [6.45, 7) is 5.21. The smallest absolute Gasteiger partial charge is 0.408 e. The number of nitrogens with zero attached hydrogens (tertiary/aromatic N) is 2. The SMILES string of the molecule is COc1ccc(Cl)cc1N1C(=NC(=O)[C@H](Cc2ccccc2)NC(=O)OC(C)(C)C)S[C@@H]2CS(=O)(=O)C[C@H]21. The highest BCUT2D eigenvalue weighted by Gasteiger charge is 2.50. The highest BCUT2D eigenvalue weighted by Crippen LogP contribution is 2.44. The Morgan fingerprint density at radius 3 is 2.55 bits per heavy atom. The molecule has 12 heteroatoms. The fourth-order valence-corrected chi connectivity index (χ4v) is 8.45. The molecule has 2 heterocycles. The van der Waals surface area contributed by atoms with Gasteiger partial charge in [0.25, 0.3) is 5.91 Å². The van der Waals surface area contributed by atoms with E-state index in [2.05, 4.69) is 10.3 Å². The normalized spacial score (nSPS) is 22.1. The number of sulfone groups is 1. The maximum Gasteiger partial charge on any atom is 0.408 e. The average molecular weight is 580 g/mol. The fourth-order valence-electron chi connectivity index (χ4n) is 4.37. The van der Waals surface area contributed by atoms with Crippen LogP contribution in [0.4, 0.5) is 10.5 Å². The van der Waals surface area contributed by atoms with E-state index in [4.69, 9.17) is 21.1 Å². The molecule has 2 saturated heterocycles. The van der Waals surface area contributed by atoms with Gasteiger partial charge in [0.15, 0.2) is 15.0 Å². The first-order valence-corrected chi connectivity index (χ1v) is 15.1. The number of rotatable bonds is 6. The lowest BCUT2D eigenvalue weighted by molar-refractivity contribution is -0.119. The van der Waals surface area contributed by atoms with Crippen molar-refractivity contribution in [3.63, 3.8) is 0 Å². The molecule has 0 radical (unpaired) electrons. The predicted octanol–water partition coefficient (Wildman–Crippen LogP) is 4.09. The van der Waals surface area contributed by atoms with E-state index in [1.165, 1.54) is 18.9 Å². The Labute approximate surface area is 231 Å². The van der Waals surface area contributed by atoms with Gasteiger partial charge < -0.3 is 19.7 Å². The summed E-state index contributed by atoms with van der Waals surface area (Å²) in [4.78, 5) is 32.3. The molecule has 3 atom stereocenters. The molecule has 0 unspecified atom stereocenters. The van der Waals surface area contributed by atoms with Crippen molar-refractivity contribution in [2.75, 3.05) is 23.5 Å². The number of amidine groups is 1. The van der Waals surface area contributed by atoms with Crippen molar-refractivity contribution >= 4 is 56.1 Å². The molecule has 204 valence electrons. The summed E-state index contributed by atoms with van der Waals surface area (Å²) in [7, 11) is -1.77. The number of hydrogen-bond acceptors (Lipinski definition) is 7. The zero-order valence-corrected chi connectivity index (χ0v) is 23.9. The predicted molar refractivity (Wildman–Crippen MR) is 150 cm³/mol. The molecular formula is C26H30ClN3O6S2. The second-order valence-electron chi connectivity index (χ2n) is 10.1. The van der Waals surface area contributed by atoms with Crippen LogP contribution in [0, 0.1) is 0 Å². The molecule has 2 aliphatic heterocycles. The highest BCUT2D eigenvalue weighted by atomic mass is 35.5. The summed E-state index contributed by atoms with van der Waals surface area (Å²) >= 11 is 7.51. The van der Waals surface area contributed by atoms with E-state index in [9.17, 15) is 18.0 Å². The average Bonchev–Trinajstić information content (AvgIpc) is 3.28. The Bertz CT molecular complexity index is 1340. The minimum Gasteiger partial charge on any atom is -0.495 e. The standard InChI is InChI=1S/C26H30ClN3O6S2/c1-26(2,3)36-25(32)28-18(12-16-8-6-5-7-9-16)23(31)29-24-30(19-13-17(27)10-11-21(19)35-4)20-14-38(33,34)15-22(20)37-24/h5-11,13,18,20,22H,12,14-15H2,1-4H3,(H,28,32)/t18-,20+,22+/m0/s1. The van der Waals surface area contributed by atoms with Gasteiger partial charge >= 0.3 is 6.09 Å². The molecule has 4 rings (SSSR count). The second kappa shape index (κ2) is 11.2. The number of alkyl carbamates (subject to hydrolysis) is 1. The van der Waals surface area contributed by atoms with Gasteiger partial charge in [0, 0.05) is 16.7 Å². The largest absolute Gasteiger partial charge is 0.495 e. The van der Waals surface area contributed by atoms with Crippen LogP contribution in [-0.2, 0) is 25.8 Å². The molecule has 9 nitrogen and oxygen atoms in total. The van der Waals surface area contributed by atoms with Crippen LogP contribution in [-0.4, -0.2) is 67.1 Å². The van der Waals surface area contributed by atoms with Crippen LogP contribution >= 0.6 is 23.4 Å². The Morgan fingerprint density at radius 1 is 1.18 bits per heavy atom. The van der Waals surface area contributed by atoms with Crippen LogP contribution in [0.5, 0.6) is 5.75 Å². The van der Waals surface area contributed by atoms with E-state index >= 15 is 0 Å². The van der Waals surface area contributed by atoms with Gasteiger partial charge in [-0.25, -0.2) is 13.2 Å². The van der Waals surface area contributed by atoms with E-state index in [0.717, 1.165) is 5.56 Å². The van der Waals surface area contributed by atoms with Gasteiger partial charge in [-0.3, -0.25) is 4.79 Å². The summed E-state index contributed by atoms with van der Waals surface area (Å²) in [6.07, 6.45) is -0.537. The van der Waals surface area contributed by atoms with Crippen molar-refractivity contribution in [2.24, 2.45) is 4.99 Å². The lowest BCUT2D eigenvalue weighted by Gasteiger charge is -2.27. The molecule has 2 aromatic rings. The van der Waals surface area contributed by atoms with Gasteiger partial charge in [-0.05, 0) is 44.5 Å². The van der Waals surface area contributed by atoms with Crippen LogP contribution in [0.3, 0.4) is 0 Å². The Kier molecular flexibility index (Phi) is 8.29. The number of hydrogen-bond donors (Lipinski definition) is 1. The quantitative estimate of drug-likeness (QED) is 0.544. The number of fused-ring (bicyclic) bond motifs is 1. The minimum absolute atomic E-state index is 0.0292. The lowest BCUT2D eigenvalue weighted by Crippen LogP contribution is -2.45. The second-order valence-corrected chi connectivity index (χ2v) is 13.9. The number of carbonyl (C=O) groups excluding carboxylic acids is 2. The minimum atomic E-state index is -3.27. The number of anilines is 1.